The van der Waals surface area contributed by atoms with E-state index in [0.29, 0.717) is 0 Å². The van der Waals surface area contributed by atoms with Crippen molar-refractivity contribution >= 4 is 33.3 Å². The second-order valence-electron chi connectivity index (χ2n) is 6.57. The van der Waals surface area contributed by atoms with Crippen LogP contribution in [0.5, 0.6) is 5.75 Å². The molecule has 132 valence electrons. The number of nitrogens with one attached hydrogen (secondary N) is 2. The van der Waals surface area contributed by atoms with Crippen molar-refractivity contribution < 1.29 is 4.74 Å². The monoisotopic (exact) mass is 347 g/mol. The number of benzene rings is 2. The Morgan fingerprint density at radius 1 is 1.12 bits per heavy atom. The molecule has 2 aromatic carbocycles. The first-order chi connectivity index (χ1) is 12.6. The molecule has 26 heavy (non-hydrogen) atoms. The fraction of sp³-hybridized carbons (Fsp3) is 0.200. The van der Waals surface area contributed by atoms with Gasteiger partial charge in [-0.2, -0.15) is 5.10 Å². The van der Waals surface area contributed by atoms with Gasteiger partial charge in [0.15, 0.2) is 5.82 Å². The third kappa shape index (κ3) is 3.07. The molecule has 0 aliphatic carbocycles. The maximum Gasteiger partial charge on any atom is 0.157 e. The highest BCUT2D eigenvalue weighted by molar-refractivity contribution is 6.09. The van der Waals surface area contributed by atoms with Crippen molar-refractivity contribution in [2.45, 2.75) is 6.54 Å². The lowest BCUT2D eigenvalue weighted by molar-refractivity contribution is 0.402. The first-order valence-corrected chi connectivity index (χ1v) is 8.45. The Morgan fingerprint density at radius 3 is 2.81 bits per heavy atom. The molecule has 2 aromatic heterocycles. The topological polar surface area (TPSA) is 66.1 Å². The van der Waals surface area contributed by atoms with E-state index in [1.54, 1.807) is 7.11 Å². The van der Waals surface area contributed by atoms with Gasteiger partial charge in [0.1, 0.15) is 11.3 Å². The van der Waals surface area contributed by atoms with Gasteiger partial charge in [0.25, 0.3) is 0 Å². The molecule has 0 bridgehead atoms. The van der Waals surface area contributed by atoms with E-state index in [4.69, 9.17) is 9.72 Å². The molecular weight excluding hydrogens is 326 g/mol. The number of nitrogens with zero attached hydrogens (tertiary/aromatic N) is 3. The van der Waals surface area contributed by atoms with Crippen LogP contribution in [-0.4, -0.2) is 41.3 Å². The van der Waals surface area contributed by atoms with Crippen molar-refractivity contribution in [2.75, 3.05) is 26.5 Å². The van der Waals surface area contributed by atoms with Crippen molar-refractivity contribution in [1.29, 1.82) is 0 Å². The molecule has 6 heteroatoms. The Hall–Kier alpha value is -3.12. The number of pyridine rings is 1. The maximum atomic E-state index is 5.34. The van der Waals surface area contributed by atoms with Crippen LogP contribution < -0.4 is 10.1 Å². The molecule has 0 aliphatic rings. The highest BCUT2D eigenvalue weighted by Gasteiger charge is 2.11. The fourth-order valence-corrected chi connectivity index (χ4v) is 3.14. The van der Waals surface area contributed by atoms with Gasteiger partial charge in [-0.1, -0.05) is 12.1 Å². The largest absolute Gasteiger partial charge is 0.497 e. The van der Waals surface area contributed by atoms with Gasteiger partial charge in [0, 0.05) is 23.0 Å². The summed E-state index contributed by atoms with van der Waals surface area (Å²) in [7, 11) is 5.79. The average Bonchev–Trinajstić information content (AvgIpc) is 3.12. The zero-order valence-electron chi connectivity index (χ0n) is 15.1. The number of aromatic amines is 1. The highest BCUT2D eigenvalue weighted by atomic mass is 16.5. The lowest BCUT2D eigenvalue weighted by Crippen LogP contribution is -2.10. The van der Waals surface area contributed by atoms with E-state index in [0.717, 1.165) is 45.6 Å². The molecule has 0 fully saturated rings. The summed E-state index contributed by atoms with van der Waals surface area (Å²) in [6, 6.07) is 14.2. The molecular formula is C20H21N5O. The number of rotatable bonds is 5. The van der Waals surface area contributed by atoms with Crippen LogP contribution in [-0.2, 0) is 6.54 Å². The molecule has 6 nitrogen and oxygen atoms in total. The zero-order chi connectivity index (χ0) is 18.1. The van der Waals surface area contributed by atoms with Gasteiger partial charge in [0.05, 0.1) is 18.8 Å². The van der Waals surface area contributed by atoms with Crippen molar-refractivity contribution in [3.8, 4) is 5.75 Å². The zero-order valence-corrected chi connectivity index (χ0v) is 15.1. The van der Waals surface area contributed by atoms with Gasteiger partial charge in [0.2, 0.25) is 0 Å². The summed E-state index contributed by atoms with van der Waals surface area (Å²) < 4.78 is 5.34. The Kier molecular flexibility index (Phi) is 4.18. The third-order valence-corrected chi connectivity index (χ3v) is 4.29. The number of hydrogen-bond acceptors (Lipinski definition) is 5. The summed E-state index contributed by atoms with van der Waals surface area (Å²) in [5.74, 6) is 1.57. The molecule has 0 atom stereocenters. The molecule has 0 amide bonds. The van der Waals surface area contributed by atoms with E-state index in [2.05, 4.69) is 52.7 Å². The minimum Gasteiger partial charge on any atom is -0.497 e. The Morgan fingerprint density at radius 2 is 2.00 bits per heavy atom. The highest BCUT2D eigenvalue weighted by Crippen LogP contribution is 2.31. The second-order valence-corrected chi connectivity index (χ2v) is 6.57. The Bertz CT molecular complexity index is 1070. The standard InChI is InChI=1S/C20H21N5O/c1-25(2)12-13-5-4-6-14(9-13)22-20-19-17(11-21-24-19)16-10-15(26-3)7-8-18(16)23-20/h4-11H,12H2,1-3H3,(H,21,24)(H,22,23). The van der Waals surface area contributed by atoms with E-state index >= 15 is 0 Å². The summed E-state index contributed by atoms with van der Waals surface area (Å²) in [5.41, 5.74) is 4.02. The maximum absolute atomic E-state index is 5.34. The normalized spacial score (nSPS) is 11.4. The summed E-state index contributed by atoms with van der Waals surface area (Å²) in [6.45, 7) is 0.889. The smallest absolute Gasteiger partial charge is 0.157 e. The van der Waals surface area contributed by atoms with E-state index in [-0.39, 0.29) is 0 Å². The van der Waals surface area contributed by atoms with Crippen LogP contribution in [0.4, 0.5) is 11.5 Å². The quantitative estimate of drug-likeness (QED) is 0.573. The van der Waals surface area contributed by atoms with E-state index in [1.165, 1.54) is 5.56 Å². The molecule has 0 saturated carbocycles. The average molecular weight is 347 g/mol. The molecule has 0 unspecified atom stereocenters. The number of ether oxygens (including phenoxy) is 1. The second kappa shape index (κ2) is 6.65. The van der Waals surface area contributed by atoms with Crippen LogP contribution in [0.2, 0.25) is 0 Å². The predicted molar refractivity (Wildman–Crippen MR) is 105 cm³/mol. The minimum atomic E-state index is 0.761. The predicted octanol–water partition coefficient (Wildman–Crippen LogP) is 3.92. The molecule has 2 heterocycles. The Balaban J connectivity index is 1.78. The van der Waals surface area contributed by atoms with Crippen LogP contribution in [0.1, 0.15) is 5.56 Å². The molecule has 4 aromatic rings. The number of hydrogen-bond donors (Lipinski definition) is 2. The van der Waals surface area contributed by atoms with E-state index in [1.807, 2.05) is 30.5 Å². The first-order valence-electron chi connectivity index (χ1n) is 8.45. The number of anilines is 2. The molecule has 4 rings (SSSR count). The van der Waals surface area contributed by atoms with Gasteiger partial charge in [-0.3, -0.25) is 5.10 Å². The van der Waals surface area contributed by atoms with Crippen LogP contribution in [0.3, 0.4) is 0 Å². The number of methoxy groups -OCH3 is 1. The van der Waals surface area contributed by atoms with Gasteiger partial charge >= 0.3 is 0 Å². The Labute approximate surface area is 151 Å². The number of aromatic nitrogens is 3. The van der Waals surface area contributed by atoms with Gasteiger partial charge < -0.3 is 15.0 Å². The van der Waals surface area contributed by atoms with Crippen molar-refractivity contribution in [3.63, 3.8) is 0 Å². The fourth-order valence-electron chi connectivity index (χ4n) is 3.14. The minimum absolute atomic E-state index is 0.761. The van der Waals surface area contributed by atoms with Crippen LogP contribution in [0.25, 0.3) is 21.8 Å². The van der Waals surface area contributed by atoms with Crippen LogP contribution >= 0.6 is 0 Å². The van der Waals surface area contributed by atoms with Crippen molar-refractivity contribution in [3.05, 3.63) is 54.2 Å². The van der Waals surface area contributed by atoms with E-state index < -0.39 is 0 Å². The summed E-state index contributed by atoms with van der Waals surface area (Å²) >= 11 is 0. The summed E-state index contributed by atoms with van der Waals surface area (Å²) in [5, 5.41) is 12.7. The van der Waals surface area contributed by atoms with E-state index in [9.17, 15) is 0 Å². The SMILES string of the molecule is COc1ccc2nc(Nc3cccc(CN(C)C)c3)c3[nH]ncc3c2c1. The molecule has 0 spiro atoms. The number of H-pyrrole nitrogens is 1. The first kappa shape index (κ1) is 16.4. The molecule has 0 saturated heterocycles. The van der Waals surface area contributed by atoms with Crippen molar-refractivity contribution in [2.24, 2.45) is 0 Å². The van der Waals surface area contributed by atoms with Crippen LogP contribution in [0.15, 0.2) is 48.7 Å². The lowest BCUT2D eigenvalue weighted by atomic mass is 10.1. The number of fused-ring (bicyclic) bond motifs is 3. The van der Waals surface area contributed by atoms with Gasteiger partial charge in [-0.05, 0) is 50.0 Å². The third-order valence-electron chi connectivity index (χ3n) is 4.29. The van der Waals surface area contributed by atoms with Crippen LogP contribution in [0, 0.1) is 0 Å². The van der Waals surface area contributed by atoms with Gasteiger partial charge in [-0.15, -0.1) is 0 Å². The summed E-state index contributed by atoms with van der Waals surface area (Å²) in [6.07, 6.45) is 1.83. The molecule has 2 N–H and O–H groups in total. The van der Waals surface area contributed by atoms with Crippen molar-refractivity contribution in [1.82, 2.24) is 20.1 Å². The summed E-state index contributed by atoms with van der Waals surface area (Å²) in [4.78, 5) is 6.94. The molecule has 0 radical (unpaired) electrons. The molecule has 0 aliphatic heterocycles. The lowest BCUT2D eigenvalue weighted by Gasteiger charge is -2.13. The van der Waals surface area contributed by atoms with Gasteiger partial charge in [-0.25, -0.2) is 4.98 Å².